The van der Waals surface area contributed by atoms with E-state index in [0.29, 0.717) is 24.4 Å². The highest BCUT2D eigenvalue weighted by Gasteiger charge is 2.38. The minimum absolute atomic E-state index is 0.0349. The zero-order valence-corrected chi connectivity index (χ0v) is 16.8. The predicted molar refractivity (Wildman–Crippen MR) is 108 cm³/mol. The van der Waals surface area contributed by atoms with Crippen molar-refractivity contribution in [2.75, 3.05) is 31.6 Å². The highest BCUT2D eigenvalue weighted by Crippen LogP contribution is 2.38. The van der Waals surface area contributed by atoms with Gasteiger partial charge in [-0.05, 0) is 19.1 Å². The number of para-hydroxylation sites is 1. The number of hydrogen-bond donors (Lipinski definition) is 2. The van der Waals surface area contributed by atoms with Crippen molar-refractivity contribution in [2.45, 2.75) is 31.3 Å². The van der Waals surface area contributed by atoms with Gasteiger partial charge in [0.05, 0.1) is 30.2 Å². The van der Waals surface area contributed by atoms with Crippen LogP contribution in [-0.2, 0) is 10.9 Å². The molecule has 2 N–H and O–H groups in total. The molecule has 164 valence electrons. The van der Waals surface area contributed by atoms with Crippen LogP contribution >= 0.6 is 0 Å². The van der Waals surface area contributed by atoms with Gasteiger partial charge in [-0.2, -0.15) is 13.2 Å². The molecule has 0 bridgehead atoms. The van der Waals surface area contributed by atoms with Gasteiger partial charge in [0.15, 0.2) is 0 Å². The average molecular weight is 433 g/mol. The Morgan fingerprint density at radius 2 is 2.06 bits per heavy atom. The number of nitrogens with zero attached hydrogens (tertiary/aromatic N) is 3. The molecule has 7 nitrogen and oxygen atoms in total. The molecular weight excluding hydrogens is 411 g/mol. The van der Waals surface area contributed by atoms with Crippen molar-refractivity contribution in [3.63, 3.8) is 0 Å². The number of benzene rings is 1. The number of alkyl halides is 3. The summed E-state index contributed by atoms with van der Waals surface area (Å²) >= 11 is 0. The summed E-state index contributed by atoms with van der Waals surface area (Å²) in [4.78, 5) is 12.9. The van der Waals surface area contributed by atoms with Gasteiger partial charge in [-0.1, -0.05) is 18.2 Å². The number of fused-ring (bicyclic) bond motifs is 2. The zero-order valence-electron chi connectivity index (χ0n) is 16.8. The molecule has 0 unspecified atom stereocenters. The Bertz CT molecular complexity index is 1090. The van der Waals surface area contributed by atoms with E-state index >= 15 is 0 Å². The summed E-state index contributed by atoms with van der Waals surface area (Å²) in [7, 11) is 0. The van der Waals surface area contributed by atoms with Crippen LogP contribution in [0.5, 0.6) is 5.75 Å². The fraction of sp³-hybridized carbons (Fsp3) is 0.429. The number of aromatic nitrogens is 3. The van der Waals surface area contributed by atoms with E-state index in [4.69, 9.17) is 9.47 Å². The van der Waals surface area contributed by atoms with E-state index in [1.54, 1.807) is 0 Å². The Morgan fingerprint density at radius 1 is 1.23 bits per heavy atom. The van der Waals surface area contributed by atoms with Gasteiger partial charge >= 0.3 is 6.18 Å². The number of hydrogen-bond acceptors (Lipinski definition) is 6. The van der Waals surface area contributed by atoms with Crippen molar-refractivity contribution in [2.24, 2.45) is 0 Å². The van der Waals surface area contributed by atoms with Crippen LogP contribution in [0.4, 0.5) is 19.0 Å². The van der Waals surface area contributed by atoms with Gasteiger partial charge < -0.3 is 19.8 Å². The Balaban J connectivity index is 1.54. The van der Waals surface area contributed by atoms with Crippen molar-refractivity contribution >= 4 is 16.9 Å². The molecule has 3 aromatic rings. The topological polar surface area (TPSA) is 75.3 Å². The molecule has 1 saturated heterocycles. The molecule has 10 heteroatoms. The maximum absolute atomic E-state index is 13.2. The first-order valence-electron chi connectivity index (χ1n) is 10.1. The number of aromatic amines is 1. The molecule has 0 radical (unpaired) electrons. The molecule has 2 aliphatic rings. The van der Waals surface area contributed by atoms with Crippen molar-refractivity contribution in [1.82, 2.24) is 19.9 Å². The molecule has 2 aromatic heterocycles. The second-order valence-electron chi connectivity index (χ2n) is 7.88. The number of anilines is 1. The summed E-state index contributed by atoms with van der Waals surface area (Å²) in [5, 5.41) is 3.71. The van der Waals surface area contributed by atoms with E-state index < -0.39 is 11.9 Å². The third kappa shape index (κ3) is 3.81. The predicted octanol–water partition coefficient (Wildman–Crippen LogP) is 3.61. The zero-order chi connectivity index (χ0) is 21.6. The monoisotopic (exact) mass is 433 g/mol. The van der Waals surface area contributed by atoms with Gasteiger partial charge in [0.25, 0.3) is 0 Å². The van der Waals surface area contributed by atoms with E-state index in [9.17, 15) is 13.2 Å². The summed E-state index contributed by atoms with van der Waals surface area (Å²) in [6.45, 7) is 4.60. The lowest BCUT2D eigenvalue weighted by Gasteiger charge is -2.43. The van der Waals surface area contributed by atoms with Crippen molar-refractivity contribution in [3.05, 3.63) is 47.9 Å². The van der Waals surface area contributed by atoms with E-state index in [1.165, 1.54) is 6.33 Å². The Hall–Kier alpha value is -2.85. The molecular formula is C21H22F3N5O2. The standard InChI is InChI=1S/C21H22F3N5O2/c1-12-9-29(6-7-30-12)15-10-31-16-5-3-2-4-13(16)18(15)28-20-14-8-17(21(22,23)24)27-19(14)25-11-26-20/h2-5,8,11-12,15,18H,6-7,9-10H2,1H3,(H2,25,26,27,28)/t12-,15+,18+/m0/s1. The summed E-state index contributed by atoms with van der Waals surface area (Å²) in [5.41, 5.74) is 0.231. The quantitative estimate of drug-likeness (QED) is 0.657. The number of rotatable bonds is 3. The van der Waals surface area contributed by atoms with Crippen LogP contribution in [0.15, 0.2) is 36.7 Å². The van der Waals surface area contributed by atoms with Crippen LogP contribution < -0.4 is 10.1 Å². The Morgan fingerprint density at radius 3 is 2.87 bits per heavy atom. The highest BCUT2D eigenvalue weighted by molar-refractivity contribution is 5.88. The van der Waals surface area contributed by atoms with E-state index in [0.717, 1.165) is 30.5 Å². The molecule has 1 aromatic carbocycles. The number of ether oxygens (including phenoxy) is 2. The van der Waals surface area contributed by atoms with Gasteiger partial charge in [0.2, 0.25) is 0 Å². The highest BCUT2D eigenvalue weighted by atomic mass is 19.4. The van der Waals surface area contributed by atoms with Gasteiger partial charge in [0.1, 0.15) is 35.8 Å². The van der Waals surface area contributed by atoms with Crippen molar-refractivity contribution < 1.29 is 22.6 Å². The van der Waals surface area contributed by atoms with Crippen LogP contribution in [0.2, 0.25) is 0 Å². The smallest absolute Gasteiger partial charge is 0.431 e. The second kappa shape index (κ2) is 7.69. The normalized spacial score (nSPS) is 24.6. The van der Waals surface area contributed by atoms with E-state index in [-0.39, 0.29) is 23.8 Å². The summed E-state index contributed by atoms with van der Waals surface area (Å²) in [6.07, 6.45) is -3.13. The lowest BCUT2D eigenvalue weighted by atomic mass is 9.94. The van der Waals surface area contributed by atoms with Gasteiger partial charge in [0, 0.05) is 18.7 Å². The van der Waals surface area contributed by atoms with Crippen LogP contribution in [0.1, 0.15) is 24.2 Å². The van der Waals surface area contributed by atoms with E-state index in [2.05, 4.69) is 25.2 Å². The van der Waals surface area contributed by atoms with E-state index in [1.807, 2.05) is 31.2 Å². The lowest BCUT2D eigenvalue weighted by molar-refractivity contribution is -0.140. The summed E-state index contributed by atoms with van der Waals surface area (Å²) in [5.74, 6) is 1.11. The second-order valence-corrected chi connectivity index (χ2v) is 7.88. The maximum Gasteiger partial charge on any atom is 0.431 e. The van der Waals surface area contributed by atoms with Crippen LogP contribution in [0.3, 0.4) is 0 Å². The molecule has 5 rings (SSSR count). The molecule has 3 atom stereocenters. The Kier molecular flexibility index (Phi) is 4.98. The fourth-order valence-corrected chi connectivity index (χ4v) is 4.34. The minimum Gasteiger partial charge on any atom is -0.491 e. The van der Waals surface area contributed by atoms with Crippen LogP contribution in [0.25, 0.3) is 11.0 Å². The summed E-state index contributed by atoms with van der Waals surface area (Å²) < 4.78 is 51.4. The first-order chi connectivity index (χ1) is 14.9. The third-order valence-electron chi connectivity index (χ3n) is 5.81. The SMILES string of the molecule is C[C@H]1CN([C@@H]2COc3ccccc3[C@H]2Nc2ncnc3[nH]c(C(F)(F)F)cc23)CCO1. The van der Waals surface area contributed by atoms with Gasteiger partial charge in [-0.25, -0.2) is 9.97 Å². The molecule has 0 amide bonds. The molecule has 0 spiro atoms. The maximum atomic E-state index is 13.2. The average Bonchev–Trinajstić information content (AvgIpc) is 3.20. The first kappa shape index (κ1) is 20.1. The largest absolute Gasteiger partial charge is 0.491 e. The van der Waals surface area contributed by atoms with Crippen molar-refractivity contribution in [3.8, 4) is 5.75 Å². The number of nitrogens with one attached hydrogen (secondary N) is 2. The fourth-order valence-electron chi connectivity index (χ4n) is 4.34. The van der Waals surface area contributed by atoms with Crippen LogP contribution in [-0.4, -0.2) is 58.3 Å². The van der Waals surface area contributed by atoms with Gasteiger partial charge in [-0.15, -0.1) is 0 Å². The molecule has 4 heterocycles. The number of morpholine rings is 1. The van der Waals surface area contributed by atoms with Crippen molar-refractivity contribution in [1.29, 1.82) is 0 Å². The molecule has 1 fully saturated rings. The Labute approximate surface area is 176 Å². The molecule has 31 heavy (non-hydrogen) atoms. The number of H-pyrrole nitrogens is 1. The first-order valence-corrected chi connectivity index (χ1v) is 10.1. The molecule has 0 saturated carbocycles. The molecule has 0 aliphatic carbocycles. The summed E-state index contributed by atoms with van der Waals surface area (Å²) in [6, 6.07) is 8.49. The minimum atomic E-state index is -4.49. The lowest BCUT2D eigenvalue weighted by Crippen LogP contribution is -2.54. The molecule has 2 aliphatic heterocycles. The van der Waals surface area contributed by atoms with Crippen LogP contribution in [0, 0.1) is 0 Å². The van der Waals surface area contributed by atoms with Gasteiger partial charge in [-0.3, -0.25) is 4.90 Å². The number of halogens is 3. The third-order valence-corrected chi connectivity index (χ3v) is 5.81.